The lowest BCUT2D eigenvalue weighted by Crippen LogP contribution is -2.26. The largest absolute Gasteiger partial charge is 0.343 e. The van der Waals surface area contributed by atoms with Gasteiger partial charge in [-0.25, -0.2) is 4.98 Å². The molecule has 1 N–H and O–H groups in total. The van der Waals surface area contributed by atoms with Crippen LogP contribution in [0.1, 0.15) is 39.6 Å². The summed E-state index contributed by atoms with van der Waals surface area (Å²) < 4.78 is 0. The van der Waals surface area contributed by atoms with Crippen LogP contribution in [0.3, 0.4) is 0 Å². The number of amides is 1. The molecule has 1 heterocycles. The lowest BCUT2D eigenvalue weighted by Gasteiger charge is -2.11. The molecule has 1 amide bonds. The average molecular weight is 295 g/mol. The van der Waals surface area contributed by atoms with Crippen LogP contribution in [0.2, 0.25) is 0 Å². The van der Waals surface area contributed by atoms with Crippen molar-refractivity contribution in [1.82, 2.24) is 10.3 Å². The number of nitrogens with one attached hydrogen (secondary N) is 1. The molecule has 0 aliphatic heterocycles. The molecule has 0 radical (unpaired) electrons. The second-order valence-corrected chi connectivity index (χ2v) is 5.51. The molecule has 2 aromatic rings. The smallest absolute Gasteiger partial charge is 0.251 e. The van der Waals surface area contributed by atoms with Crippen LogP contribution in [-0.4, -0.2) is 10.9 Å². The summed E-state index contributed by atoms with van der Waals surface area (Å²) in [5.74, 6) is 0.359. The van der Waals surface area contributed by atoms with Crippen molar-refractivity contribution in [2.45, 2.75) is 25.8 Å². The van der Waals surface area contributed by atoms with Crippen molar-refractivity contribution in [3.8, 4) is 0 Å². The molecule has 3 nitrogen and oxygen atoms in total. The lowest BCUT2D eigenvalue weighted by atomic mass is 10.1. The van der Waals surface area contributed by atoms with Crippen molar-refractivity contribution in [3.05, 3.63) is 51.5 Å². The fourth-order valence-electron chi connectivity index (χ4n) is 1.66. The first kappa shape index (κ1) is 14.0. The van der Waals surface area contributed by atoms with Gasteiger partial charge in [0.2, 0.25) is 0 Å². The fourth-order valence-corrected chi connectivity index (χ4v) is 2.64. The summed E-state index contributed by atoms with van der Waals surface area (Å²) in [6.07, 6.45) is 0. The number of thiazole rings is 1. The van der Waals surface area contributed by atoms with Crippen molar-refractivity contribution in [2.75, 3.05) is 0 Å². The van der Waals surface area contributed by atoms with Crippen LogP contribution in [0, 0.1) is 6.92 Å². The van der Waals surface area contributed by atoms with Gasteiger partial charge in [0.15, 0.2) is 0 Å². The van der Waals surface area contributed by atoms with Crippen molar-refractivity contribution in [3.63, 3.8) is 0 Å². The first-order valence-electron chi connectivity index (χ1n) is 5.98. The molecule has 0 fully saturated rings. The van der Waals surface area contributed by atoms with Crippen LogP contribution in [0.25, 0.3) is 0 Å². The molecular formula is C14H15ClN2OS. The zero-order valence-electron chi connectivity index (χ0n) is 10.8. The zero-order chi connectivity index (χ0) is 13.8. The molecule has 5 heteroatoms. The van der Waals surface area contributed by atoms with Gasteiger partial charge < -0.3 is 5.32 Å². The summed E-state index contributed by atoms with van der Waals surface area (Å²) in [5.41, 5.74) is 2.61. The van der Waals surface area contributed by atoms with E-state index >= 15 is 0 Å². The van der Waals surface area contributed by atoms with Gasteiger partial charge in [0, 0.05) is 22.5 Å². The Morgan fingerprint density at radius 2 is 2.11 bits per heavy atom. The number of aryl methyl sites for hydroxylation is 1. The number of aromatic nitrogens is 1. The van der Waals surface area contributed by atoms with Gasteiger partial charge in [-0.3, -0.25) is 4.79 Å². The minimum absolute atomic E-state index is 0.0843. The van der Waals surface area contributed by atoms with Crippen LogP contribution < -0.4 is 5.32 Å². The van der Waals surface area contributed by atoms with Crippen LogP contribution >= 0.6 is 22.9 Å². The maximum absolute atomic E-state index is 12.1. The number of rotatable bonds is 4. The van der Waals surface area contributed by atoms with Gasteiger partial charge in [-0.1, -0.05) is 12.1 Å². The predicted molar refractivity (Wildman–Crippen MR) is 78.7 cm³/mol. The third kappa shape index (κ3) is 3.55. The van der Waals surface area contributed by atoms with Gasteiger partial charge in [0.1, 0.15) is 5.01 Å². The van der Waals surface area contributed by atoms with E-state index in [1.165, 1.54) is 0 Å². The number of hydrogen-bond donors (Lipinski definition) is 1. The predicted octanol–water partition coefficient (Wildman–Crippen LogP) is 3.68. The Morgan fingerprint density at radius 3 is 2.63 bits per heavy atom. The molecule has 0 bridgehead atoms. The minimum Gasteiger partial charge on any atom is -0.343 e. The van der Waals surface area contributed by atoms with Crippen molar-refractivity contribution in [1.29, 1.82) is 0 Å². The highest BCUT2D eigenvalue weighted by molar-refractivity contribution is 7.09. The molecule has 1 aromatic carbocycles. The van der Waals surface area contributed by atoms with Gasteiger partial charge in [0.25, 0.3) is 5.91 Å². The van der Waals surface area contributed by atoms with Crippen LogP contribution in [-0.2, 0) is 5.88 Å². The first-order valence-corrected chi connectivity index (χ1v) is 7.39. The monoisotopic (exact) mass is 294 g/mol. The van der Waals surface area contributed by atoms with E-state index in [-0.39, 0.29) is 11.9 Å². The number of alkyl halides is 1. The highest BCUT2D eigenvalue weighted by atomic mass is 35.5. The van der Waals surface area contributed by atoms with E-state index in [0.717, 1.165) is 16.3 Å². The van der Waals surface area contributed by atoms with E-state index in [1.807, 2.05) is 31.4 Å². The number of carbonyl (C=O) groups is 1. The van der Waals surface area contributed by atoms with Crippen molar-refractivity contribution in [2.24, 2.45) is 0 Å². The van der Waals surface area contributed by atoms with Gasteiger partial charge in [-0.05, 0) is 31.5 Å². The van der Waals surface area contributed by atoms with Crippen LogP contribution in [0.5, 0.6) is 0 Å². The maximum atomic E-state index is 12.1. The van der Waals surface area contributed by atoms with E-state index < -0.39 is 0 Å². The second-order valence-electron chi connectivity index (χ2n) is 4.35. The van der Waals surface area contributed by atoms with Gasteiger partial charge in [-0.15, -0.1) is 22.9 Å². The van der Waals surface area contributed by atoms with E-state index in [9.17, 15) is 4.79 Å². The Labute approximate surface area is 121 Å². The number of nitrogens with zero attached hydrogens (tertiary/aromatic N) is 1. The summed E-state index contributed by atoms with van der Waals surface area (Å²) in [7, 11) is 0. The second kappa shape index (κ2) is 6.17. The molecule has 0 saturated heterocycles. The topological polar surface area (TPSA) is 42.0 Å². The lowest BCUT2D eigenvalue weighted by molar-refractivity contribution is 0.0940. The molecule has 100 valence electrons. The Kier molecular flexibility index (Phi) is 4.56. The first-order chi connectivity index (χ1) is 9.10. The van der Waals surface area contributed by atoms with Crippen molar-refractivity contribution < 1.29 is 4.79 Å². The Balaban J connectivity index is 2.03. The van der Waals surface area contributed by atoms with Crippen molar-refractivity contribution >= 4 is 28.8 Å². The summed E-state index contributed by atoms with van der Waals surface area (Å²) >= 11 is 7.28. The highest BCUT2D eigenvalue weighted by Gasteiger charge is 2.13. The van der Waals surface area contributed by atoms with Gasteiger partial charge in [-0.2, -0.15) is 0 Å². The maximum Gasteiger partial charge on any atom is 0.251 e. The summed E-state index contributed by atoms with van der Waals surface area (Å²) in [4.78, 5) is 16.4. The molecular weight excluding hydrogens is 280 g/mol. The van der Waals surface area contributed by atoms with E-state index in [4.69, 9.17) is 11.6 Å². The Hall–Kier alpha value is -1.39. The molecule has 1 aromatic heterocycles. The van der Waals surface area contributed by atoms with Crippen LogP contribution in [0.4, 0.5) is 0 Å². The molecule has 1 unspecified atom stereocenters. The Morgan fingerprint density at radius 1 is 1.42 bits per heavy atom. The third-order valence-corrected chi connectivity index (χ3v) is 4.18. The number of halogens is 1. The molecule has 0 saturated carbocycles. The number of carbonyl (C=O) groups excluding carboxylic acids is 1. The number of benzene rings is 1. The molecule has 0 aliphatic rings. The average Bonchev–Trinajstić information content (AvgIpc) is 2.85. The van der Waals surface area contributed by atoms with Gasteiger partial charge >= 0.3 is 0 Å². The van der Waals surface area contributed by atoms with E-state index in [2.05, 4.69) is 10.3 Å². The quantitative estimate of drug-likeness (QED) is 0.874. The molecule has 0 spiro atoms. The molecule has 2 rings (SSSR count). The van der Waals surface area contributed by atoms with E-state index in [1.54, 1.807) is 23.5 Å². The highest BCUT2D eigenvalue weighted by Crippen LogP contribution is 2.18. The summed E-state index contributed by atoms with van der Waals surface area (Å²) in [5, 5.41) is 5.84. The van der Waals surface area contributed by atoms with E-state index in [0.29, 0.717) is 11.4 Å². The third-order valence-electron chi connectivity index (χ3n) is 2.73. The zero-order valence-corrected chi connectivity index (χ0v) is 12.4. The molecule has 1 atom stereocenters. The normalized spacial score (nSPS) is 12.2. The SMILES string of the molecule is Cc1csc(C(C)NC(=O)c2ccc(CCl)cc2)n1. The standard InChI is InChI=1S/C14H15ClN2OS/c1-9-8-19-14(16-9)10(2)17-13(18)12-5-3-11(7-15)4-6-12/h3-6,8,10H,7H2,1-2H3,(H,17,18). The van der Waals surface area contributed by atoms with Gasteiger partial charge in [0.05, 0.1) is 6.04 Å². The molecule has 0 aliphatic carbocycles. The Bertz CT molecular complexity index is 565. The molecule has 19 heavy (non-hydrogen) atoms. The fraction of sp³-hybridized carbons (Fsp3) is 0.286. The number of hydrogen-bond acceptors (Lipinski definition) is 3. The van der Waals surface area contributed by atoms with Crippen LogP contribution in [0.15, 0.2) is 29.6 Å². The summed E-state index contributed by atoms with van der Waals surface area (Å²) in [6.45, 7) is 3.88. The minimum atomic E-state index is -0.0959. The summed E-state index contributed by atoms with van der Waals surface area (Å²) in [6, 6.07) is 7.21.